The number of ether oxygens (including phenoxy) is 1. The van der Waals surface area contributed by atoms with Gasteiger partial charge in [-0.25, -0.2) is 4.79 Å². The topological polar surface area (TPSA) is 75.6 Å². The molecule has 22 heavy (non-hydrogen) atoms. The van der Waals surface area contributed by atoms with E-state index in [0.717, 1.165) is 20.3 Å². The molecule has 0 spiro atoms. The largest absolute Gasteiger partial charge is 0.461 e. The van der Waals surface area contributed by atoms with Gasteiger partial charge in [-0.1, -0.05) is 15.9 Å². The van der Waals surface area contributed by atoms with Crippen LogP contribution < -0.4 is 10.2 Å². The summed E-state index contributed by atoms with van der Waals surface area (Å²) in [7, 11) is 3.77. The van der Waals surface area contributed by atoms with Crippen molar-refractivity contribution >= 4 is 44.4 Å². The summed E-state index contributed by atoms with van der Waals surface area (Å²) in [5, 5.41) is 3.58. The van der Waals surface area contributed by atoms with Crippen LogP contribution in [-0.4, -0.2) is 44.1 Å². The molecule has 2 aromatic rings. The number of carbonyl (C=O) groups excluding carboxylic acids is 2. The molecule has 0 radical (unpaired) electrons. The lowest BCUT2D eigenvalue weighted by Crippen LogP contribution is -3.06. The first-order valence-electron chi connectivity index (χ1n) is 6.99. The summed E-state index contributed by atoms with van der Waals surface area (Å²) in [6, 6.07) is 5.56. The molecule has 3 N–H and O–H groups in total. The van der Waals surface area contributed by atoms with Crippen molar-refractivity contribution in [2.24, 2.45) is 0 Å². The predicted octanol–water partition coefficient (Wildman–Crippen LogP) is 1.19. The van der Waals surface area contributed by atoms with Gasteiger partial charge in [0, 0.05) is 15.4 Å². The van der Waals surface area contributed by atoms with Gasteiger partial charge in [0.2, 0.25) is 0 Å². The quantitative estimate of drug-likeness (QED) is 0.693. The van der Waals surface area contributed by atoms with Crippen LogP contribution in [0.2, 0.25) is 0 Å². The zero-order chi connectivity index (χ0) is 16.3. The molecule has 118 valence electrons. The van der Waals surface area contributed by atoms with Crippen LogP contribution >= 0.6 is 15.9 Å². The van der Waals surface area contributed by atoms with Crippen molar-refractivity contribution in [2.45, 2.75) is 6.92 Å². The van der Waals surface area contributed by atoms with E-state index < -0.39 is 5.97 Å². The maximum absolute atomic E-state index is 12.1. The summed E-state index contributed by atoms with van der Waals surface area (Å²) in [4.78, 5) is 28.2. The Morgan fingerprint density at radius 1 is 1.36 bits per heavy atom. The molecule has 0 bridgehead atoms. The van der Waals surface area contributed by atoms with Crippen LogP contribution in [0.5, 0.6) is 0 Å². The van der Waals surface area contributed by atoms with Crippen molar-refractivity contribution in [1.82, 2.24) is 4.98 Å². The van der Waals surface area contributed by atoms with Gasteiger partial charge in [-0.05, 0) is 25.1 Å². The minimum Gasteiger partial charge on any atom is -0.461 e. The molecule has 0 atom stereocenters. The van der Waals surface area contributed by atoms with E-state index >= 15 is 0 Å². The van der Waals surface area contributed by atoms with E-state index in [1.165, 1.54) is 0 Å². The first-order chi connectivity index (χ1) is 10.4. The maximum Gasteiger partial charge on any atom is 0.356 e. The number of fused-ring (bicyclic) bond motifs is 1. The van der Waals surface area contributed by atoms with E-state index in [9.17, 15) is 9.59 Å². The molecular weight excluding hydrogens is 350 g/mol. The number of aromatic amines is 1. The summed E-state index contributed by atoms with van der Waals surface area (Å²) in [5.41, 5.74) is 1.48. The Labute approximate surface area is 136 Å². The highest BCUT2D eigenvalue weighted by molar-refractivity contribution is 9.10. The number of hydrogen-bond acceptors (Lipinski definition) is 3. The molecule has 6 nitrogen and oxygen atoms in total. The number of quaternary nitrogens is 1. The first-order valence-corrected chi connectivity index (χ1v) is 7.79. The van der Waals surface area contributed by atoms with Gasteiger partial charge >= 0.3 is 5.97 Å². The van der Waals surface area contributed by atoms with Crippen LogP contribution in [0.1, 0.15) is 17.4 Å². The third kappa shape index (κ3) is 3.66. The van der Waals surface area contributed by atoms with Crippen LogP contribution in [0.3, 0.4) is 0 Å². The first kappa shape index (κ1) is 16.5. The van der Waals surface area contributed by atoms with Crippen molar-refractivity contribution in [3.8, 4) is 0 Å². The molecular formula is C15H19BrN3O3+. The number of likely N-dealkylation sites (N-methyl/N-ethyl adjacent to an activating group) is 1. The van der Waals surface area contributed by atoms with Crippen molar-refractivity contribution < 1.29 is 19.2 Å². The Bertz CT molecular complexity index is 709. The Balaban J connectivity index is 2.46. The second-order valence-electron chi connectivity index (χ2n) is 5.22. The average molecular weight is 369 g/mol. The highest BCUT2D eigenvalue weighted by Crippen LogP contribution is 2.30. The highest BCUT2D eigenvalue weighted by atomic mass is 79.9. The zero-order valence-electron chi connectivity index (χ0n) is 12.7. The van der Waals surface area contributed by atoms with E-state index in [0.29, 0.717) is 12.2 Å². The van der Waals surface area contributed by atoms with Crippen LogP contribution in [0.25, 0.3) is 10.9 Å². The zero-order valence-corrected chi connectivity index (χ0v) is 14.3. The Morgan fingerprint density at radius 3 is 2.73 bits per heavy atom. The molecule has 1 heterocycles. The number of amides is 1. The summed E-state index contributed by atoms with van der Waals surface area (Å²) in [5.74, 6) is -0.645. The molecule has 0 aliphatic rings. The van der Waals surface area contributed by atoms with Gasteiger partial charge in [-0.3, -0.25) is 4.79 Å². The van der Waals surface area contributed by atoms with Crippen molar-refractivity contribution in [3.05, 3.63) is 28.4 Å². The molecule has 1 aromatic carbocycles. The average Bonchev–Trinajstić information content (AvgIpc) is 2.76. The van der Waals surface area contributed by atoms with Gasteiger partial charge in [0.1, 0.15) is 5.69 Å². The molecule has 1 aromatic heterocycles. The molecule has 0 saturated carbocycles. The Kier molecular flexibility index (Phi) is 5.20. The lowest BCUT2D eigenvalue weighted by atomic mass is 10.2. The number of rotatable bonds is 5. The van der Waals surface area contributed by atoms with Crippen molar-refractivity contribution in [1.29, 1.82) is 0 Å². The molecule has 0 aliphatic carbocycles. The molecule has 7 heteroatoms. The highest BCUT2D eigenvalue weighted by Gasteiger charge is 2.21. The predicted molar refractivity (Wildman–Crippen MR) is 88.3 cm³/mol. The van der Waals surface area contributed by atoms with E-state index in [2.05, 4.69) is 26.2 Å². The number of anilines is 1. The number of esters is 1. The van der Waals surface area contributed by atoms with Crippen LogP contribution in [-0.2, 0) is 9.53 Å². The number of halogens is 1. The number of benzene rings is 1. The molecule has 0 saturated heterocycles. The Hall–Kier alpha value is -1.86. The normalized spacial score (nSPS) is 11.0. The number of aromatic nitrogens is 1. The van der Waals surface area contributed by atoms with Gasteiger partial charge in [-0.15, -0.1) is 0 Å². The number of carbonyl (C=O) groups is 2. The van der Waals surface area contributed by atoms with Gasteiger partial charge in [0.15, 0.2) is 6.54 Å². The summed E-state index contributed by atoms with van der Waals surface area (Å²) in [6.45, 7) is 2.32. The molecule has 1 amide bonds. The fourth-order valence-corrected chi connectivity index (χ4v) is 2.52. The van der Waals surface area contributed by atoms with E-state index in [-0.39, 0.29) is 18.2 Å². The molecule has 0 aliphatic heterocycles. The fraction of sp³-hybridized carbons (Fsp3) is 0.333. The van der Waals surface area contributed by atoms with E-state index in [1.807, 2.05) is 32.3 Å². The number of nitrogens with one attached hydrogen (secondary N) is 3. The lowest BCUT2D eigenvalue weighted by Gasteiger charge is -2.09. The second kappa shape index (κ2) is 6.93. The number of hydrogen-bond donors (Lipinski definition) is 3. The lowest BCUT2D eigenvalue weighted by molar-refractivity contribution is -0.849. The van der Waals surface area contributed by atoms with Crippen LogP contribution in [0.15, 0.2) is 22.7 Å². The molecule has 2 rings (SSSR count). The third-order valence-corrected chi connectivity index (χ3v) is 3.51. The van der Waals surface area contributed by atoms with Gasteiger partial charge in [0.05, 0.1) is 26.4 Å². The summed E-state index contributed by atoms with van der Waals surface area (Å²) in [6.07, 6.45) is 0. The van der Waals surface area contributed by atoms with E-state index in [4.69, 9.17) is 4.74 Å². The van der Waals surface area contributed by atoms with Crippen LogP contribution in [0, 0.1) is 0 Å². The minimum atomic E-state index is -0.484. The fourth-order valence-electron chi connectivity index (χ4n) is 2.16. The van der Waals surface area contributed by atoms with E-state index in [1.54, 1.807) is 6.92 Å². The second-order valence-corrected chi connectivity index (χ2v) is 6.13. The third-order valence-electron chi connectivity index (χ3n) is 3.02. The maximum atomic E-state index is 12.1. The van der Waals surface area contributed by atoms with Gasteiger partial charge in [0.25, 0.3) is 5.91 Å². The van der Waals surface area contributed by atoms with Crippen molar-refractivity contribution in [2.75, 3.05) is 32.6 Å². The number of H-pyrrole nitrogens is 1. The smallest absolute Gasteiger partial charge is 0.356 e. The van der Waals surface area contributed by atoms with Crippen LogP contribution in [0.4, 0.5) is 5.69 Å². The summed E-state index contributed by atoms with van der Waals surface area (Å²) >= 11 is 3.40. The summed E-state index contributed by atoms with van der Waals surface area (Å²) < 4.78 is 5.92. The SMILES string of the molecule is CCOC(=O)c1[nH]c2ccc(Br)cc2c1NC(=O)C[NH+](C)C. The molecule has 0 unspecified atom stereocenters. The monoisotopic (exact) mass is 368 g/mol. The standard InChI is InChI=1S/C15H18BrN3O3/c1-4-22-15(21)14-13(18-12(20)8-19(2)3)10-7-9(16)5-6-11(10)17-14/h5-7,17H,4,8H2,1-3H3,(H,18,20)/p+1. The minimum absolute atomic E-state index is 0.161. The van der Waals surface area contributed by atoms with Gasteiger partial charge < -0.3 is 19.9 Å². The molecule has 0 fully saturated rings. The van der Waals surface area contributed by atoms with Gasteiger partial charge in [-0.2, -0.15) is 0 Å². The van der Waals surface area contributed by atoms with Crippen molar-refractivity contribution in [3.63, 3.8) is 0 Å². The Morgan fingerprint density at radius 2 is 2.09 bits per heavy atom.